The first-order valence-electron chi connectivity index (χ1n) is 10.5. The number of carbonyl (C=O) groups is 1. The lowest BCUT2D eigenvalue weighted by molar-refractivity contribution is 0.0510. The maximum atomic E-state index is 13.1. The van der Waals surface area contributed by atoms with Gasteiger partial charge in [-0.2, -0.15) is 5.10 Å². The number of aromatic nitrogens is 4. The van der Waals surface area contributed by atoms with Crippen molar-refractivity contribution in [2.45, 2.75) is 32.8 Å². The van der Waals surface area contributed by atoms with Gasteiger partial charge in [0.25, 0.3) is 5.91 Å². The molecule has 2 aromatic heterocycles. The van der Waals surface area contributed by atoms with Gasteiger partial charge in [-0.25, -0.2) is 9.97 Å². The van der Waals surface area contributed by atoms with E-state index in [-0.39, 0.29) is 12.0 Å². The number of ether oxygens (including phenoxy) is 3. The Hall–Kier alpha value is -3.62. The predicted octanol–water partition coefficient (Wildman–Crippen LogP) is 3.18. The number of methoxy groups -OCH3 is 2. The molecule has 0 aliphatic carbocycles. The molecule has 9 nitrogen and oxygen atoms in total. The first kappa shape index (κ1) is 21.6. The second-order valence-electron chi connectivity index (χ2n) is 7.80. The summed E-state index contributed by atoms with van der Waals surface area (Å²) in [4.78, 5) is 23.6. The van der Waals surface area contributed by atoms with Crippen LogP contribution in [0.3, 0.4) is 0 Å². The molecule has 3 aromatic rings. The Morgan fingerprint density at radius 2 is 1.88 bits per heavy atom. The molecule has 1 unspecified atom stereocenters. The van der Waals surface area contributed by atoms with Crippen molar-refractivity contribution in [2.24, 2.45) is 0 Å². The Bertz CT molecular complexity index is 1090. The van der Waals surface area contributed by atoms with Crippen molar-refractivity contribution < 1.29 is 19.0 Å². The van der Waals surface area contributed by atoms with Gasteiger partial charge in [-0.05, 0) is 57.0 Å². The fourth-order valence-corrected chi connectivity index (χ4v) is 3.87. The number of piperidine rings is 1. The molecule has 1 saturated heterocycles. The number of nitrogens with zero attached hydrogens (tertiary/aromatic N) is 4. The zero-order valence-electron chi connectivity index (χ0n) is 18.7. The standard InChI is InChI=1S/C23H27N5O4/c1-14-10-15(2)25-23(24-14)32-17-6-5-9-28(13-17)22(29)20-12-19(26-27-20)18-11-16(30-3)7-8-21(18)31-4/h7-8,10-12,17H,5-6,9,13H2,1-4H3,(H,26,27). The number of carbonyl (C=O) groups excluding carboxylic acids is 1. The number of benzene rings is 1. The number of likely N-dealkylation sites (tertiary alicyclic amines) is 1. The monoisotopic (exact) mass is 437 g/mol. The molecule has 1 amide bonds. The summed E-state index contributed by atoms with van der Waals surface area (Å²) in [5.74, 6) is 1.21. The van der Waals surface area contributed by atoms with Gasteiger partial charge in [-0.3, -0.25) is 9.89 Å². The maximum Gasteiger partial charge on any atom is 0.317 e. The number of H-pyrrole nitrogens is 1. The summed E-state index contributed by atoms with van der Waals surface area (Å²) in [6.07, 6.45) is 1.52. The number of amides is 1. The zero-order valence-corrected chi connectivity index (χ0v) is 18.7. The van der Waals surface area contributed by atoms with Gasteiger partial charge >= 0.3 is 6.01 Å². The van der Waals surface area contributed by atoms with Crippen LogP contribution < -0.4 is 14.2 Å². The summed E-state index contributed by atoms with van der Waals surface area (Å²) in [6, 6.07) is 9.45. The molecule has 1 aliphatic heterocycles. The fraction of sp³-hybridized carbons (Fsp3) is 0.391. The van der Waals surface area contributed by atoms with Gasteiger partial charge in [0, 0.05) is 23.5 Å². The van der Waals surface area contributed by atoms with Crippen LogP contribution >= 0.6 is 0 Å². The van der Waals surface area contributed by atoms with Gasteiger partial charge in [0.05, 0.1) is 26.5 Å². The average Bonchev–Trinajstić information content (AvgIpc) is 3.27. The molecule has 1 aromatic carbocycles. The highest BCUT2D eigenvalue weighted by Gasteiger charge is 2.28. The Balaban J connectivity index is 1.48. The van der Waals surface area contributed by atoms with Crippen molar-refractivity contribution >= 4 is 5.91 Å². The summed E-state index contributed by atoms with van der Waals surface area (Å²) in [7, 11) is 3.19. The summed E-state index contributed by atoms with van der Waals surface area (Å²) in [6.45, 7) is 4.94. The van der Waals surface area contributed by atoms with Crippen LogP contribution in [0, 0.1) is 13.8 Å². The minimum atomic E-state index is -0.158. The molecule has 32 heavy (non-hydrogen) atoms. The van der Waals surface area contributed by atoms with Crippen molar-refractivity contribution in [3.8, 4) is 28.8 Å². The first-order valence-corrected chi connectivity index (χ1v) is 10.5. The van der Waals surface area contributed by atoms with Crippen molar-refractivity contribution in [1.29, 1.82) is 0 Å². The Morgan fingerprint density at radius 1 is 1.09 bits per heavy atom. The molecule has 0 radical (unpaired) electrons. The van der Waals surface area contributed by atoms with Crippen LogP contribution in [0.15, 0.2) is 30.3 Å². The van der Waals surface area contributed by atoms with E-state index < -0.39 is 0 Å². The Morgan fingerprint density at radius 3 is 2.59 bits per heavy atom. The molecule has 0 bridgehead atoms. The van der Waals surface area contributed by atoms with Crippen molar-refractivity contribution in [1.82, 2.24) is 25.1 Å². The third-order valence-corrected chi connectivity index (χ3v) is 5.39. The van der Waals surface area contributed by atoms with E-state index in [2.05, 4.69) is 20.2 Å². The SMILES string of the molecule is COc1ccc(OC)c(-c2cc(C(=O)N3CCCC(Oc4nc(C)cc(C)n4)C3)[nH]n2)c1. The molecule has 168 valence electrons. The topological polar surface area (TPSA) is 102 Å². The average molecular weight is 438 g/mol. The maximum absolute atomic E-state index is 13.1. The van der Waals surface area contributed by atoms with E-state index in [0.29, 0.717) is 42.0 Å². The van der Waals surface area contributed by atoms with Crippen LogP contribution in [-0.2, 0) is 0 Å². The summed E-state index contributed by atoms with van der Waals surface area (Å²) < 4.78 is 16.7. The molecule has 1 atom stereocenters. The molecule has 0 spiro atoms. The van der Waals surface area contributed by atoms with Gasteiger partial charge in [-0.1, -0.05) is 0 Å². The van der Waals surface area contributed by atoms with Crippen LogP contribution in [-0.4, -0.2) is 64.4 Å². The lowest BCUT2D eigenvalue weighted by Crippen LogP contribution is -2.44. The van der Waals surface area contributed by atoms with Crippen LogP contribution in [0.25, 0.3) is 11.3 Å². The number of aromatic amines is 1. The molecule has 1 aliphatic rings. The first-order chi connectivity index (χ1) is 15.5. The highest BCUT2D eigenvalue weighted by molar-refractivity contribution is 5.93. The minimum Gasteiger partial charge on any atom is -0.497 e. The van der Waals surface area contributed by atoms with E-state index in [1.54, 1.807) is 25.2 Å². The smallest absolute Gasteiger partial charge is 0.317 e. The number of aryl methyl sites for hydroxylation is 2. The van der Waals surface area contributed by atoms with Gasteiger partial charge in [0.2, 0.25) is 0 Å². The number of rotatable bonds is 6. The molecule has 1 N–H and O–H groups in total. The Labute approximate surface area is 186 Å². The molecule has 9 heteroatoms. The minimum absolute atomic E-state index is 0.125. The third kappa shape index (κ3) is 4.66. The fourth-order valence-electron chi connectivity index (χ4n) is 3.87. The van der Waals surface area contributed by atoms with E-state index in [9.17, 15) is 4.79 Å². The van der Waals surface area contributed by atoms with Gasteiger partial charge in [0.15, 0.2) is 0 Å². The van der Waals surface area contributed by atoms with Crippen molar-refractivity contribution in [3.05, 3.63) is 47.4 Å². The summed E-state index contributed by atoms with van der Waals surface area (Å²) >= 11 is 0. The number of hydrogen-bond acceptors (Lipinski definition) is 7. The van der Waals surface area contributed by atoms with Crippen LogP contribution in [0.1, 0.15) is 34.7 Å². The second-order valence-corrected chi connectivity index (χ2v) is 7.80. The normalized spacial score (nSPS) is 16.0. The predicted molar refractivity (Wildman–Crippen MR) is 118 cm³/mol. The summed E-state index contributed by atoms with van der Waals surface area (Å²) in [5.41, 5.74) is 3.48. The molecule has 0 saturated carbocycles. The molecule has 4 rings (SSSR count). The Kier molecular flexibility index (Phi) is 6.25. The van der Waals surface area contributed by atoms with Crippen molar-refractivity contribution in [2.75, 3.05) is 27.3 Å². The van der Waals surface area contributed by atoms with Crippen LogP contribution in [0.5, 0.6) is 17.5 Å². The van der Waals surface area contributed by atoms with Gasteiger partial charge in [0.1, 0.15) is 23.3 Å². The zero-order chi connectivity index (χ0) is 22.7. The second kappa shape index (κ2) is 9.25. The van der Waals surface area contributed by atoms with E-state index in [1.807, 2.05) is 38.1 Å². The largest absolute Gasteiger partial charge is 0.497 e. The lowest BCUT2D eigenvalue weighted by atomic mass is 10.1. The third-order valence-electron chi connectivity index (χ3n) is 5.39. The van der Waals surface area contributed by atoms with E-state index in [1.165, 1.54) is 0 Å². The van der Waals surface area contributed by atoms with E-state index in [4.69, 9.17) is 14.2 Å². The quantitative estimate of drug-likeness (QED) is 0.632. The van der Waals surface area contributed by atoms with E-state index in [0.717, 1.165) is 29.8 Å². The van der Waals surface area contributed by atoms with Gasteiger partial charge in [-0.15, -0.1) is 0 Å². The highest BCUT2D eigenvalue weighted by Crippen LogP contribution is 2.32. The van der Waals surface area contributed by atoms with Crippen LogP contribution in [0.2, 0.25) is 0 Å². The molecular weight excluding hydrogens is 410 g/mol. The van der Waals surface area contributed by atoms with E-state index >= 15 is 0 Å². The van der Waals surface area contributed by atoms with Crippen LogP contribution in [0.4, 0.5) is 0 Å². The summed E-state index contributed by atoms with van der Waals surface area (Å²) in [5, 5.41) is 7.20. The highest BCUT2D eigenvalue weighted by atomic mass is 16.5. The van der Waals surface area contributed by atoms with Gasteiger partial charge < -0.3 is 19.1 Å². The number of hydrogen-bond donors (Lipinski definition) is 1. The number of nitrogens with one attached hydrogen (secondary N) is 1. The lowest BCUT2D eigenvalue weighted by Gasteiger charge is -2.32. The molecular formula is C23H27N5O4. The molecule has 3 heterocycles. The molecule has 1 fully saturated rings. The van der Waals surface area contributed by atoms with Crippen molar-refractivity contribution in [3.63, 3.8) is 0 Å².